The Hall–Kier alpha value is -1.36. The minimum absolute atomic E-state index is 0.312. The molecular weight excluding hydrogens is 343 g/mol. The first-order valence-electron chi connectivity index (χ1n) is 6.47. The third-order valence-electron chi connectivity index (χ3n) is 3.02. The quantitative estimate of drug-likeness (QED) is 0.755. The molecule has 0 aliphatic carbocycles. The van der Waals surface area contributed by atoms with E-state index >= 15 is 0 Å². The fraction of sp³-hybridized carbons (Fsp3) is 0.188. The minimum atomic E-state index is -0.887. The summed E-state index contributed by atoms with van der Waals surface area (Å²) in [7, 11) is 1.55. The predicted octanol–water partition coefficient (Wildman–Crippen LogP) is 4.79. The Kier molecular flexibility index (Phi) is 6.00. The summed E-state index contributed by atoms with van der Waals surface area (Å²) in [5.74, 6) is -0.255. The Balaban J connectivity index is 2.20. The first-order chi connectivity index (χ1) is 10.5. The van der Waals surface area contributed by atoms with Crippen molar-refractivity contribution >= 4 is 40.9 Å². The van der Waals surface area contributed by atoms with Crippen molar-refractivity contribution in [2.45, 2.75) is 16.6 Å². The van der Waals surface area contributed by atoms with Crippen LogP contribution < -0.4 is 4.74 Å². The monoisotopic (exact) mass is 356 g/mol. The van der Waals surface area contributed by atoms with Crippen molar-refractivity contribution in [3.8, 4) is 5.75 Å². The number of hydrogen-bond acceptors (Lipinski definition) is 3. The SMILES string of the molecule is COc1ccc(Cl)cc1CC(Sc1ccc(Cl)cc1)C(=O)O. The summed E-state index contributed by atoms with van der Waals surface area (Å²) in [5.41, 5.74) is 0.767. The smallest absolute Gasteiger partial charge is 0.317 e. The molecule has 0 saturated carbocycles. The van der Waals surface area contributed by atoms with Crippen LogP contribution in [0.2, 0.25) is 10.0 Å². The lowest BCUT2D eigenvalue weighted by Crippen LogP contribution is -2.19. The molecule has 0 bridgehead atoms. The molecule has 1 unspecified atom stereocenters. The molecule has 0 aliphatic rings. The summed E-state index contributed by atoms with van der Waals surface area (Å²) in [4.78, 5) is 12.4. The third-order valence-corrected chi connectivity index (χ3v) is 4.70. The molecule has 1 N–H and O–H groups in total. The minimum Gasteiger partial charge on any atom is -0.496 e. The number of ether oxygens (including phenoxy) is 1. The van der Waals surface area contributed by atoms with Gasteiger partial charge in [0.1, 0.15) is 11.0 Å². The van der Waals surface area contributed by atoms with Crippen LogP contribution in [0.4, 0.5) is 0 Å². The normalized spacial score (nSPS) is 12.0. The average Bonchev–Trinajstić information content (AvgIpc) is 2.49. The van der Waals surface area contributed by atoms with Crippen molar-refractivity contribution in [3.05, 3.63) is 58.1 Å². The highest BCUT2D eigenvalue weighted by molar-refractivity contribution is 8.00. The van der Waals surface area contributed by atoms with Gasteiger partial charge in [-0.15, -0.1) is 11.8 Å². The lowest BCUT2D eigenvalue weighted by Gasteiger charge is -2.15. The van der Waals surface area contributed by atoms with Crippen molar-refractivity contribution in [1.29, 1.82) is 0 Å². The van der Waals surface area contributed by atoms with Crippen LogP contribution in [0.1, 0.15) is 5.56 Å². The topological polar surface area (TPSA) is 46.5 Å². The molecule has 2 rings (SSSR count). The highest BCUT2D eigenvalue weighted by atomic mass is 35.5. The van der Waals surface area contributed by atoms with Gasteiger partial charge in [0.05, 0.1) is 7.11 Å². The maximum absolute atomic E-state index is 11.5. The highest BCUT2D eigenvalue weighted by Gasteiger charge is 2.21. The van der Waals surface area contributed by atoms with Crippen LogP contribution in [-0.2, 0) is 11.2 Å². The van der Waals surface area contributed by atoms with Gasteiger partial charge in [-0.1, -0.05) is 23.2 Å². The van der Waals surface area contributed by atoms with Crippen molar-refractivity contribution in [3.63, 3.8) is 0 Å². The van der Waals surface area contributed by atoms with E-state index in [4.69, 9.17) is 27.9 Å². The number of benzene rings is 2. The molecule has 3 nitrogen and oxygen atoms in total. The zero-order valence-electron chi connectivity index (χ0n) is 11.8. The van der Waals surface area contributed by atoms with Gasteiger partial charge < -0.3 is 9.84 Å². The van der Waals surface area contributed by atoms with Crippen molar-refractivity contribution < 1.29 is 14.6 Å². The van der Waals surface area contributed by atoms with Gasteiger partial charge in [-0.25, -0.2) is 0 Å². The number of carbonyl (C=O) groups is 1. The van der Waals surface area contributed by atoms with Gasteiger partial charge in [-0.3, -0.25) is 4.79 Å². The number of thioether (sulfide) groups is 1. The highest BCUT2D eigenvalue weighted by Crippen LogP contribution is 2.31. The van der Waals surface area contributed by atoms with Crippen molar-refractivity contribution in [2.75, 3.05) is 7.11 Å². The Morgan fingerprint density at radius 3 is 2.41 bits per heavy atom. The second-order valence-electron chi connectivity index (χ2n) is 4.56. The number of carboxylic acids is 1. The molecule has 1 atom stereocenters. The van der Waals surface area contributed by atoms with E-state index in [0.29, 0.717) is 22.2 Å². The summed E-state index contributed by atoms with van der Waals surface area (Å²) < 4.78 is 5.27. The second-order valence-corrected chi connectivity index (χ2v) is 6.71. The molecule has 0 aliphatic heterocycles. The number of rotatable bonds is 6. The van der Waals surface area contributed by atoms with Gasteiger partial charge in [0.15, 0.2) is 0 Å². The van der Waals surface area contributed by atoms with Gasteiger partial charge >= 0.3 is 5.97 Å². The van der Waals surface area contributed by atoms with Gasteiger partial charge in [0.25, 0.3) is 0 Å². The molecular formula is C16H14Cl2O3S. The Morgan fingerprint density at radius 2 is 1.82 bits per heavy atom. The van der Waals surface area contributed by atoms with Crippen LogP contribution in [0.15, 0.2) is 47.4 Å². The molecule has 2 aromatic carbocycles. The molecule has 116 valence electrons. The fourth-order valence-electron chi connectivity index (χ4n) is 1.96. The van der Waals surface area contributed by atoms with E-state index in [1.165, 1.54) is 11.8 Å². The van der Waals surface area contributed by atoms with Crippen molar-refractivity contribution in [1.82, 2.24) is 0 Å². The Morgan fingerprint density at radius 1 is 1.18 bits per heavy atom. The van der Waals surface area contributed by atoms with E-state index in [2.05, 4.69) is 0 Å². The first kappa shape index (κ1) is 17.0. The standard InChI is InChI=1S/C16H14Cl2O3S/c1-21-14-7-4-12(18)8-10(14)9-15(16(19)20)22-13-5-2-11(17)3-6-13/h2-8,15H,9H2,1H3,(H,19,20). The van der Waals surface area contributed by atoms with Gasteiger partial charge in [0, 0.05) is 14.9 Å². The zero-order valence-corrected chi connectivity index (χ0v) is 14.1. The van der Waals surface area contributed by atoms with E-state index in [0.717, 1.165) is 10.5 Å². The lowest BCUT2D eigenvalue weighted by molar-refractivity contribution is -0.136. The van der Waals surface area contributed by atoms with E-state index in [9.17, 15) is 9.90 Å². The molecule has 0 fully saturated rings. The molecule has 2 aromatic rings. The number of carboxylic acid groups (broad SMARTS) is 1. The molecule has 0 spiro atoms. The van der Waals surface area contributed by atoms with E-state index in [1.807, 2.05) is 0 Å². The van der Waals surface area contributed by atoms with Crippen LogP contribution in [0, 0.1) is 0 Å². The molecule has 0 aromatic heterocycles. The molecule has 6 heteroatoms. The van der Waals surface area contributed by atoms with Crippen molar-refractivity contribution in [2.24, 2.45) is 0 Å². The molecule has 22 heavy (non-hydrogen) atoms. The number of aliphatic carboxylic acids is 1. The third kappa shape index (κ3) is 4.57. The van der Waals surface area contributed by atoms with E-state index in [1.54, 1.807) is 49.6 Å². The number of halogens is 2. The van der Waals surface area contributed by atoms with Crippen LogP contribution in [0.5, 0.6) is 5.75 Å². The molecule has 0 radical (unpaired) electrons. The zero-order chi connectivity index (χ0) is 16.1. The van der Waals surface area contributed by atoms with E-state index < -0.39 is 11.2 Å². The number of hydrogen-bond donors (Lipinski definition) is 1. The summed E-state index contributed by atoms with van der Waals surface area (Å²) >= 11 is 13.1. The fourth-order valence-corrected chi connectivity index (χ4v) is 3.27. The maximum Gasteiger partial charge on any atom is 0.317 e. The van der Waals surface area contributed by atoms with Gasteiger partial charge in [-0.05, 0) is 54.4 Å². The summed E-state index contributed by atoms with van der Waals surface area (Å²) in [6, 6.07) is 12.3. The second kappa shape index (κ2) is 7.77. The lowest BCUT2D eigenvalue weighted by atomic mass is 10.1. The average molecular weight is 357 g/mol. The number of methoxy groups -OCH3 is 1. The van der Waals surface area contributed by atoms with Crippen LogP contribution in [-0.4, -0.2) is 23.4 Å². The molecule has 0 heterocycles. The van der Waals surface area contributed by atoms with Crippen LogP contribution in [0.3, 0.4) is 0 Å². The van der Waals surface area contributed by atoms with Gasteiger partial charge in [0.2, 0.25) is 0 Å². The summed E-state index contributed by atoms with van der Waals surface area (Å²) in [6.45, 7) is 0. The summed E-state index contributed by atoms with van der Waals surface area (Å²) in [6.07, 6.45) is 0.312. The van der Waals surface area contributed by atoms with E-state index in [-0.39, 0.29) is 0 Å². The van der Waals surface area contributed by atoms with Crippen LogP contribution in [0.25, 0.3) is 0 Å². The molecule has 0 saturated heterocycles. The Bertz CT molecular complexity index is 659. The first-order valence-corrected chi connectivity index (χ1v) is 8.10. The summed E-state index contributed by atoms with van der Waals surface area (Å²) in [5, 5.41) is 9.99. The Labute approximate surface area is 143 Å². The molecule has 0 amide bonds. The largest absolute Gasteiger partial charge is 0.496 e. The maximum atomic E-state index is 11.5. The van der Waals surface area contributed by atoms with Gasteiger partial charge in [-0.2, -0.15) is 0 Å². The predicted molar refractivity (Wildman–Crippen MR) is 90.4 cm³/mol. The van der Waals surface area contributed by atoms with Crippen LogP contribution >= 0.6 is 35.0 Å².